The van der Waals surface area contributed by atoms with E-state index >= 15 is 0 Å². The van der Waals surface area contributed by atoms with E-state index < -0.39 is 0 Å². The molecule has 0 spiro atoms. The Morgan fingerprint density at radius 3 is 1.00 bits per heavy atom. The minimum absolute atomic E-state index is 0.184. The van der Waals surface area contributed by atoms with Crippen molar-refractivity contribution in [2.24, 2.45) is 0 Å². The summed E-state index contributed by atoms with van der Waals surface area (Å²) in [5.41, 5.74) is 3.41. The van der Waals surface area contributed by atoms with Gasteiger partial charge in [-0.2, -0.15) is 0 Å². The molecule has 0 amide bonds. The maximum atomic E-state index is 4.70. The first-order valence-electron chi connectivity index (χ1n) is 10.5. The fourth-order valence-corrected chi connectivity index (χ4v) is 7.58. The van der Waals surface area contributed by atoms with E-state index in [1.807, 2.05) is 0 Å². The van der Waals surface area contributed by atoms with Crippen LogP contribution in [0.15, 0.2) is 48.6 Å². The Morgan fingerprint density at radius 1 is 0.586 bits per heavy atom. The summed E-state index contributed by atoms with van der Waals surface area (Å²) < 4.78 is 0. The number of hydrogen-bond acceptors (Lipinski definition) is 0. The zero-order chi connectivity index (χ0) is 23.2. The predicted molar refractivity (Wildman–Crippen MR) is 144 cm³/mol. The predicted octanol–water partition coefficient (Wildman–Crippen LogP) is 10.2. The summed E-state index contributed by atoms with van der Waals surface area (Å²) in [5, 5.41) is 0. The van der Waals surface area contributed by atoms with Crippen molar-refractivity contribution in [3.8, 4) is 0 Å². The summed E-state index contributed by atoms with van der Waals surface area (Å²) in [7, 11) is 9.77. The van der Waals surface area contributed by atoms with Crippen LogP contribution >= 0.6 is 36.2 Å². The molecule has 29 heavy (non-hydrogen) atoms. The molecule has 0 aliphatic heterocycles. The molecule has 0 saturated heterocycles. The zero-order valence-electron chi connectivity index (χ0n) is 20.3. The topological polar surface area (TPSA) is 0 Å². The third-order valence-electron chi connectivity index (χ3n) is 4.16. The van der Waals surface area contributed by atoms with E-state index in [0.29, 0.717) is 12.7 Å². The molecular weight excluding hydrogens is 480 g/mol. The number of rotatable bonds is 10. The van der Waals surface area contributed by atoms with E-state index in [0.717, 1.165) is 22.6 Å². The van der Waals surface area contributed by atoms with Gasteiger partial charge in [0.2, 0.25) is 0 Å². The summed E-state index contributed by atoms with van der Waals surface area (Å²) in [4.78, 5) is 0. The summed E-state index contributed by atoms with van der Waals surface area (Å²) >= 11 is 0.569. The SMILES string of the molecule is CC=CC=CCP(C(C)C)C(C)C.CC=CC=CCP(C(C)C)C(C)C.[Cl][Ni][Cl]. The molecule has 0 bridgehead atoms. The van der Waals surface area contributed by atoms with Crippen LogP contribution in [0.2, 0.25) is 0 Å². The molecule has 0 aromatic carbocycles. The van der Waals surface area contributed by atoms with Crippen molar-refractivity contribution in [3.63, 3.8) is 0 Å². The Morgan fingerprint density at radius 2 is 0.828 bits per heavy atom. The fraction of sp³-hybridized carbons (Fsp3) is 0.667. The van der Waals surface area contributed by atoms with Crippen LogP contribution in [0.1, 0.15) is 69.2 Å². The normalized spacial score (nSPS) is 12.6. The Bertz CT molecular complexity index is 386. The van der Waals surface area contributed by atoms with Gasteiger partial charge in [-0.25, -0.2) is 0 Å². The van der Waals surface area contributed by atoms with Gasteiger partial charge in [0.05, 0.1) is 0 Å². The van der Waals surface area contributed by atoms with E-state index in [1.165, 1.54) is 12.3 Å². The van der Waals surface area contributed by atoms with Crippen molar-refractivity contribution < 1.29 is 12.7 Å². The Hall–Kier alpha value is 0.894. The first kappa shape index (κ1) is 34.5. The second kappa shape index (κ2) is 25.2. The van der Waals surface area contributed by atoms with Crippen molar-refractivity contribution in [2.75, 3.05) is 12.3 Å². The van der Waals surface area contributed by atoms with E-state index in [1.54, 1.807) is 0 Å². The van der Waals surface area contributed by atoms with Gasteiger partial charge < -0.3 is 0 Å². The summed E-state index contributed by atoms with van der Waals surface area (Å²) in [6, 6.07) is 0. The van der Waals surface area contributed by atoms with Crippen LogP contribution in [-0.2, 0) is 12.7 Å². The molecule has 0 radical (unpaired) electrons. The van der Waals surface area contributed by atoms with Crippen LogP contribution in [0.3, 0.4) is 0 Å². The first-order chi connectivity index (χ1) is 13.6. The van der Waals surface area contributed by atoms with Crippen LogP contribution < -0.4 is 0 Å². The van der Waals surface area contributed by atoms with Gasteiger partial charge >= 0.3 is 33.0 Å². The first-order valence-corrected chi connectivity index (χ1v) is 16.5. The number of halogens is 2. The Balaban J connectivity index is -0.000000410. The maximum absolute atomic E-state index is 4.70. The van der Waals surface area contributed by atoms with Gasteiger partial charge in [0.25, 0.3) is 0 Å². The molecule has 0 aliphatic carbocycles. The molecule has 0 aromatic rings. The molecule has 0 rings (SSSR count). The van der Waals surface area contributed by atoms with E-state index in [4.69, 9.17) is 20.4 Å². The third-order valence-corrected chi connectivity index (χ3v) is 10.7. The summed E-state index contributed by atoms with van der Waals surface area (Å²) in [5.74, 6) is 0. The molecule has 0 saturated carbocycles. The molecule has 0 fully saturated rings. The van der Waals surface area contributed by atoms with Gasteiger partial charge in [0.1, 0.15) is 0 Å². The summed E-state index contributed by atoms with van der Waals surface area (Å²) in [6.07, 6.45) is 19.9. The Kier molecular flexibility index (Phi) is 29.9. The average molecular weight is 526 g/mol. The molecule has 0 aliphatic rings. The van der Waals surface area contributed by atoms with Crippen LogP contribution in [0.5, 0.6) is 0 Å². The monoisotopic (exact) mass is 524 g/mol. The van der Waals surface area contributed by atoms with Crippen LogP contribution in [-0.4, -0.2) is 35.0 Å². The minimum atomic E-state index is 0.184. The van der Waals surface area contributed by atoms with Crippen molar-refractivity contribution in [2.45, 2.75) is 91.9 Å². The average Bonchev–Trinajstić information content (AvgIpc) is 2.61. The van der Waals surface area contributed by atoms with Gasteiger partial charge in [-0.05, 0) is 48.8 Å². The van der Waals surface area contributed by atoms with E-state index in [-0.39, 0.29) is 15.8 Å². The molecule has 0 nitrogen and oxygen atoms in total. The van der Waals surface area contributed by atoms with Crippen molar-refractivity contribution in [3.05, 3.63) is 48.6 Å². The van der Waals surface area contributed by atoms with Crippen molar-refractivity contribution >= 4 is 36.2 Å². The zero-order valence-corrected chi connectivity index (χ0v) is 24.6. The van der Waals surface area contributed by atoms with Crippen molar-refractivity contribution in [1.29, 1.82) is 0 Å². The van der Waals surface area contributed by atoms with Gasteiger partial charge in [-0.1, -0.05) is 120 Å². The second-order valence-corrected chi connectivity index (χ2v) is 16.3. The molecular formula is C24H46Cl2NiP2. The molecule has 176 valence electrons. The standard InChI is InChI=1S/2C12H23P.2ClH.Ni/c2*1-6-7-8-9-10-13(11(2)3)12(4)5;;;/h2*6-9,11-12H,10H2,1-5H3;2*1H;/q;;;;+2/p-2. The molecule has 0 atom stereocenters. The van der Waals surface area contributed by atoms with Crippen molar-refractivity contribution in [1.82, 2.24) is 0 Å². The van der Waals surface area contributed by atoms with Crippen LogP contribution in [0.4, 0.5) is 0 Å². The van der Waals surface area contributed by atoms with E-state index in [2.05, 4.69) is 118 Å². The number of hydrogen-bond donors (Lipinski definition) is 0. The molecule has 0 unspecified atom stereocenters. The fourth-order valence-electron chi connectivity index (χ4n) is 2.78. The number of allylic oxidation sites excluding steroid dienone is 8. The van der Waals surface area contributed by atoms with Gasteiger partial charge in [0.15, 0.2) is 0 Å². The van der Waals surface area contributed by atoms with Gasteiger partial charge in [-0.3, -0.25) is 0 Å². The molecule has 0 heterocycles. The molecule has 5 heteroatoms. The van der Waals surface area contributed by atoms with Gasteiger partial charge in [0, 0.05) is 0 Å². The summed E-state index contributed by atoms with van der Waals surface area (Å²) in [6.45, 7) is 22.8. The van der Waals surface area contributed by atoms with Gasteiger partial charge in [-0.15, -0.1) is 0 Å². The quantitative estimate of drug-likeness (QED) is 0.151. The third kappa shape index (κ3) is 25.0. The second-order valence-electron chi connectivity index (χ2n) is 7.72. The molecule has 0 aromatic heterocycles. The van der Waals surface area contributed by atoms with E-state index in [9.17, 15) is 0 Å². The van der Waals surface area contributed by atoms with Crippen LogP contribution in [0.25, 0.3) is 0 Å². The Labute approximate surface area is 200 Å². The molecule has 0 N–H and O–H groups in total. The van der Waals surface area contributed by atoms with Crippen LogP contribution in [0, 0.1) is 0 Å².